The Morgan fingerprint density at radius 3 is 2.56 bits per heavy atom. The van der Waals surface area contributed by atoms with Gasteiger partial charge in [0.2, 0.25) is 0 Å². The summed E-state index contributed by atoms with van der Waals surface area (Å²) in [5, 5.41) is 3.34. The van der Waals surface area contributed by atoms with Crippen LogP contribution in [0.15, 0.2) is 41.4 Å². The van der Waals surface area contributed by atoms with Crippen LogP contribution in [0.3, 0.4) is 0 Å². The zero-order chi connectivity index (χ0) is 18.7. The number of ether oxygens (including phenoxy) is 1. The molecule has 1 aromatic carbocycles. The lowest BCUT2D eigenvalue weighted by Crippen LogP contribution is -2.36. The highest BCUT2D eigenvalue weighted by Gasteiger charge is 2.18. The number of hydrogen-bond donors (Lipinski definition) is 2. The van der Waals surface area contributed by atoms with Gasteiger partial charge < -0.3 is 15.0 Å². The predicted molar refractivity (Wildman–Crippen MR) is 105 cm³/mol. The molecule has 2 N–H and O–H groups in total. The van der Waals surface area contributed by atoms with Crippen molar-refractivity contribution >= 4 is 21.5 Å². The van der Waals surface area contributed by atoms with Crippen molar-refractivity contribution in [3.05, 3.63) is 47.7 Å². The molecule has 0 spiro atoms. The molecule has 1 aromatic heterocycles. The zero-order valence-corrected chi connectivity index (χ0v) is 16.0. The summed E-state index contributed by atoms with van der Waals surface area (Å²) in [6, 6.07) is 8.99. The van der Waals surface area contributed by atoms with Crippen molar-refractivity contribution < 1.29 is 13.2 Å². The predicted octanol–water partition coefficient (Wildman–Crippen LogP) is 1.41. The maximum atomic E-state index is 12.8. The molecule has 0 amide bonds. The van der Waals surface area contributed by atoms with Crippen LogP contribution in [0.2, 0.25) is 0 Å². The first-order valence-corrected chi connectivity index (χ1v) is 10.7. The molecule has 1 saturated heterocycles. The van der Waals surface area contributed by atoms with Crippen LogP contribution in [0.5, 0.6) is 0 Å². The number of nitrogens with zero attached hydrogens (tertiary/aromatic N) is 2. The van der Waals surface area contributed by atoms with Crippen molar-refractivity contribution in [2.45, 2.75) is 17.7 Å². The smallest absolute Gasteiger partial charge is 0.261 e. The van der Waals surface area contributed by atoms with Crippen LogP contribution in [-0.4, -0.2) is 52.8 Å². The molecule has 3 heterocycles. The lowest BCUT2D eigenvalue weighted by molar-refractivity contribution is 0.122. The number of pyridine rings is 1. The minimum absolute atomic E-state index is 0.292. The minimum atomic E-state index is -3.64. The molecule has 7 nitrogen and oxygen atoms in total. The molecule has 4 rings (SSSR count). The Hall–Kier alpha value is -2.16. The third kappa shape index (κ3) is 4.23. The Bertz CT molecular complexity index is 894. The Morgan fingerprint density at radius 2 is 1.81 bits per heavy atom. The molecule has 1 fully saturated rings. The van der Waals surface area contributed by atoms with Crippen LogP contribution < -0.4 is 14.9 Å². The van der Waals surface area contributed by atoms with Gasteiger partial charge in [0, 0.05) is 13.1 Å². The molecule has 0 bridgehead atoms. The zero-order valence-electron chi connectivity index (χ0n) is 15.1. The molecule has 2 aliphatic rings. The van der Waals surface area contributed by atoms with E-state index in [1.807, 2.05) is 12.1 Å². The largest absolute Gasteiger partial charge is 0.378 e. The second-order valence-corrected chi connectivity index (χ2v) is 8.47. The molecule has 0 unspecified atom stereocenters. The van der Waals surface area contributed by atoms with Gasteiger partial charge in [-0.05, 0) is 61.3 Å². The summed E-state index contributed by atoms with van der Waals surface area (Å²) in [7, 11) is -3.64. The quantitative estimate of drug-likeness (QED) is 0.824. The molecule has 27 heavy (non-hydrogen) atoms. The van der Waals surface area contributed by atoms with Gasteiger partial charge in [-0.2, -0.15) is 0 Å². The lowest BCUT2D eigenvalue weighted by Gasteiger charge is -2.27. The van der Waals surface area contributed by atoms with Crippen molar-refractivity contribution in [2.75, 3.05) is 49.0 Å². The number of rotatable bonds is 4. The number of nitrogens with one attached hydrogen (secondary N) is 2. The molecule has 0 atom stereocenters. The Labute approximate surface area is 159 Å². The Morgan fingerprint density at radius 1 is 1.04 bits per heavy atom. The van der Waals surface area contributed by atoms with Crippen molar-refractivity contribution in [3.8, 4) is 0 Å². The fourth-order valence-corrected chi connectivity index (χ4v) is 4.55. The van der Waals surface area contributed by atoms with E-state index in [0.29, 0.717) is 23.8 Å². The highest BCUT2D eigenvalue weighted by Crippen LogP contribution is 2.22. The number of benzene rings is 1. The van der Waals surface area contributed by atoms with Crippen LogP contribution in [0.1, 0.15) is 11.1 Å². The van der Waals surface area contributed by atoms with Gasteiger partial charge in [-0.15, -0.1) is 0 Å². The Balaban J connectivity index is 1.50. The third-order valence-electron chi connectivity index (χ3n) is 4.97. The minimum Gasteiger partial charge on any atom is -0.378 e. The average molecular weight is 388 g/mol. The molecule has 2 aliphatic heterocycles. The standard InChI is InChI=1S/C19H24N4O3S/c24-27(25,18-3-1-15-5-7-20-8-6-16(15)13-18)22-17-2-4-19(21-14-17)23-9-11-26-12-10-23/h1-4,13-14,20,22H,5-12H2. The van der Waals surface area contributed by atoms with E-state index in [-0.39, 0.29) is 0 Å². The SMILES string of the molecule is O=S(=O)(Nc1ccc(N2CCOCC2)nc1)c1ccc2c(c1)CCNCC2. The molecule has 0 aliphatic carbocycles. The van der Waals surface area contributed by atoms with Crippen molar-refractivity contribution in [3.63, 3.8) is 0 Å². The van der Waals surface area contributed by atoms with E-state index in [1.54, 1.807) is 24.4 Å². The highest BCUT2D eigenvalue weighted by molar-refractivity contribution is 7.92. The van der Waals surface area contributed by atoms with Gasteiger partial charge in [-0.3, -0.25) is 4.72 Å². The van der Waals surface area contributed by atoms with Crippen LogP contribution in [0, 0.1) is 0 Å². The maximum absolute atomic E-state index is 12.8. The summed E-state index contributed by atoms with van der Waals surface area (Å²) in [5.41, 5.74) is 2.78. The average Bonchev–Trinajstić information content (AvgIpc) is 2.94. The van der Waals surface area contributed by atoms with E-state index in [4.69, 9.17) is 4.74 Å². The second-order valence-electron chi connectivity index (χ2n) is 6.79. The summed E-state index contributed by atoms with van der Waals surface area (Å²) < 4.78 is 33.5. The number of fused-ring (bicyclic) bond motifs is 1. The van der Waals surface area contributed by atoms with Gasteiger partial charge in [-0.25, -0.2) is 13.4 Å². The van der Waals surface area contributed by atoms with E-state index in [9.17, 15) is 8.42 Å². The summed E-state index contributed by atoms with van der Waals surface area (Å²) >= 11 is 0. The summed E-state index contributed by atoms with van der Waals surface area (Å²) in [6.45, 7) is 4.76. The highest BCUT2D eigenvalue weighted by atomic mass is 32.2. The molecular formula is C19H24N4O3S. The fraction of sp³-hybridized carbons (Fsp3) is 0.421. The summed E-state index contributed by atoms with van der Waals surface area (Å²) in [5.74, 6) is 0.832. The number of hydrogen-bond acceptors (Lipinski definition) is 6. The van der Waals surface area contributed by atoms with Gasteiger partial charge in [-0.1, -0.05) is 6.07 Å². The van der Waals surface area contributed by atoms with E-state index < -0.39 is 10.0 Å². The van der Waals surface area contributed by atoms with Gasteiger partial charge in [0.1, 0.15) is 5.82 Å². The van der Waals surface area contributed by atoms with Crippen LogP contribution >= 0.6 is 0 Å². The van der Waals surface area contributed by atoms with E-state index in [1.165, 1.54) is 5.56 Å². The van der Waals surface area contributed by atoms with E-state index in [0.717, 1.165) is 50.4 Å². The monoisotopic (exact) mass is 388 g/mol. The summed E-state index contributed by atoms with van der Waals surface area (Å²) in [6.07, 6.45) is 3.33. The van der Waals surface area contributed by atoms with Crippen molar-refractivity contribution in [1.29, 1.82) is 0 Å². The number of aromatic nitrogens is 1. The van der Waals surface area contributed by atoms with Crippen LogP contribution in [-0.2, 0) is 27.6 Å². The van der Waals surface area contributed by atoms with Crippen LogP contribution in [0.4, 0.5) is 11.5 Å². The first-order valence-electron chi connectivity index (χ1n) is 9.26. The van der Waals surface area contributed by atoms with Crippen molar-refractivity contribution in [1.82, 2.24) is 10.3 Å². The molecule has 8 heteroatoms. The van der Waals surface area contributed by atoms with Gasteiger partial charge in [0.05, 0.1) is 30.0 Å². The molecule has 0 saturated carbocycles. The molecule has 0 radical (unpaired) electrons. The first-order chi connectivity index (χ1) is 13.1. The number of morpholine rings is 1. The van der Waals surface area contributed by atoms with Gasteiger partial charge >= 0.3 is 0 Å². The van der Waals surface area contributed by atoms with E-state index in [2.05, 4.69) is 19.9 Å². The maximum Gasteiger partial charge on any atom is 0.261 e. The first kappa shape index (κ1) is 18.2. The van der Waals surface area contributed by atoms with Gasteiger partial charge in [0.25, 0.3) is 10.0 Å². The third-order valence-corrected chi connectivity index (χ3v) is 6.34. The topological polar surface area (TPSA) is 83.6 Å². The number of sulfonamides is 1. The molecular weight excluding hydrogens is 364 g/mol. The second kappa shape index (κ2) is 7.84. The van der Waals surface area contributed by atoms with Crippen molar-refractivity contribution in [2.24, 2.45) is 0 Å². The molecule has 144 valence electrons. The summed E-state index contributed by atoms with van der Waals surface area (Å²) in [4.78, 5) is 6.82. The number of anilines is 2. The molecule has 2 aromatic rings. The van der Waals surface area contributed by atoms with Crippen LogP contribution in [0.25, 0.3) is 0 Å². The fourth-order valence-electron chi connectivity index (χ4n) is 3.46. The van der Waals surface area contributed by atoms with Gasteiger partial charge in [0.15, 0.2) is 0 Å². The lowest BCUT2D eigenvalue weighted by atomic mass is 10.0. The van der Waals surface area contributed by atoms with E-state index >= 15 is 0 Å². The normalized spacial score (nSPS) is 17.9. The Kier molecular flexibility index (Phi) is 5.29.